The molecule has 1 aromatic carbocycles. The molecule has 0 aliphatic heterocycles. The van der Waals surface area contributed by atoms with Crippen LogP contribution in [0.1, 0.15) is 19.4 Å². The van der Waals surface area contributed by atoms with E-state index in [0.29, 0.717) is 5.69 Å². The van der Waals surface area contributed by atoms with Crippen molar-refractivity contribution in [3.8, 4) is 0 Å². The van der Waals surface area contributed by atoms with Crippen molar-refractivity contribution in [3.05, 3.63) is 29.8 Å². The number of nitrogens with zero attached hydrogens (tertiary/aromatic N) is 1. The summed E-state index contributed by atoms with van der Waals surface area (Å²) < 4.78 is 27.4. The Hall–Kier alpha value is -1.11. The van der Waals surface area contributed by atoms with E-state index in [0.717, 1.165) is 5.56 Å². The molecule has 0 aliphatic rings. The predicted molar refractivity (Wildman–Crippen MR) is 67.8 cm³/mol. The summed E-state index contributed by atoms with van der Waals surface area (Å²) in [5, 5.41) is 8.88. The number of benzene rings is 1. The number of aliphatic hydroxyl groups excluding tert-OH is 1. The smallest absolute Gasteiger partial charge is 0.301 e. The predicted octanol–water partition coefficient (Wildman–Crippen LogP) is 1.18. The minimum atomic E-state index is -3.51. The van der Waals surface area contributed by atoms with Crippen LogP contribution in [-0.2, 0) is 16.8 Å². The molecule has 0 amide bonds. The standard InChI is InChI=1S/C11H18N2O3S/c1-9(2)13(3)17(15,16)12-11-6-4-10(8-14)5-7-11/h4-7,9,12,14H,8H2,1-3H3. The second kappa shape index (κ2) is 5.48. The molecule has 0 saturated heterocycles. The second-order valence-electron chi connectivity index (χ2n) is 4.07. The number of rotatable bonds is 5. The monoisotopic (exact) mass is 258 g/mol. The van der Waals surface area contributed by atoms with Gasteiger partial charge >= 0.3 is 10.2 Å². The van der Waals surface area contributed by atoms with Gasteiger partial charge in [-0.15, -0.1) is 0 Å². The fourth-order valence-corrected chi connectivity index (χ4v) is 2.31. The minimum absolute atomic E-state index is 0.0566. The van der Waals surface area contributed by atoms with Gasteiger partial charge in [-0.3, -0.25) is 4.72 Å². The molecule has 1 aromatic rings. The highest BCUT2D eigenvalue weighted by atomic mass is 32.2. The summed E-state index contributed by atoms with van der Waals surface area (Å²) >= 11 is 0. The quantitative estimate of drug-likeness (QED) is 0.833. The summed E-state index contributed by atoms with van der Waals surface area (Å²) in [5.74, 6) is 0. The maximum Gasteiger partial charge on any atom is 0.301 e. The van der Waals surface area contributed by atoms with E-state index < -0.39 is 10.2 Å². The highest BCUT2D eigenvalue weighted by Gasteiger charge is 2.19. The molecule has 0 aliphatic carbocycles. The molecular weight excluding hydrogens is 240 g/mol. The van der Waals surface area contributed by atoms with Crippen LogP contribution in [0.3, 0.4) is 0 Å². The van der Waals surface area contributed by atoms with E-state index in [1.165, 1.54) is 11.4 Å². The number of anilines is 1. The highest BCUT2D eigenvalue weighted by molar-refractivity contribution is 7.90. The number of nitrogens with one attached hydrogen (secondary N) is 1. The summed E-state index contributed by atoms with van der Waals surface area (Å²) in [6.45, 7) is 3.54. The van der Waals surface area contributed by atoms with Gasteiger partial charge in [0.1, 0.15) is 0 Å². The molecule has 0 heterocycles. The van der Waals surface area contributed by atoms with Crippen LogP contribution in [0.2, 0.25) is 0 Å². The normalized spacial score (nSPS) is 12.1. The van der Waals surface area contributed by atoms with Crippen molar-refractivity contribution in [3.63, 3.8) is 0 Å². The van der Waals surface area contributed by atoms with Crippen LogP contribution in [0.25, 0.3) is 0 Å². The third-order valence-corrected chi connectivity index (χ3v) is 4.16. The van der Waals surface area contributed by atoms with E-state index in [2.05, 4.69) is 4.72 Å². The van der Waals surface area contributed by atoms with Crippen LogP contribution in [-0.4, -0.2) is 30.9 Å². The fourth-order valence-electron chi connectivity index (χ4n) is 1.18. The number of hydrogen-bond acceptors (Lipinski definition) is 3. The van der Waals surface area contributed by atoms with Crippen molar-refractivity contribution in [1.82, 2.24) is 4.31 Å². The van der Waals surface area contributed by atoms with E-state index in [1.54, 1.807) is 38.1 Å². The van der Waals surface area contributed by atoms with Crippen molar-refractivity contribution in [2.45, 2.75) is 26.5 Å². The molecular formula is C11H18N2O3S. The summed E-state index contributed by atoms with van der Waals surface area (Å²) in [4.78, 5) is 0. The summed E-state index contributed by atoms with van der Waals surface area (Å²) in [7, 11) is -1.99. The number of aliphatic hydroxyl groups is 1. The molecule has 2 N–H and O–H groups in total. The Balaban J connectivity index is 2.83. The average molecular weight is 258 g/mol. The Morgan fingerprint density at radius 1 is 1.29 bits per heavy atom. The molecule has 0 atom stereocenters. The lowest BCUT2D eigenvalue weighted by Gasteiger charge is -2.21. The van der Waals surface area contributed by atoms with Gasteiger partial charge < -0.3 is 5.11 Å². The van der Waals surface area contributed by atoms with Gasteiger partial charge in [0.2, 0.25) is 0 Å². The molecule has 5 nitrogen and oxygen atoms in total. The first-order valence-corrected chi connectivity index (χ1v) is 6.76. The molecule has 1 rings (SSSR count). The van der Waals surface area contributed by atoms with Gasteiger partial charge in [-0.2, -0.15) is 12.7 Å². The Morgan fingerprint density at radius 3 is 2.24 bits per heavy atom. The Morgan fingerprint density at radius 2 is 1.82 bits per heavy atom. The molecule has 6 heteroatoms. The van der Waals surface area contributed by atoms with E-state index in [9.17, 15) is 8.42 Å². The molecule has 17 heavy (non-hydrogen) atoms. The Kier molecular flexibility index (Phi) is 4.50. The molecule has 0 fully saturated rings. The maximum absolute atomic E-state index is 11.9. The first-order valence-electron chi connectivity index (χ1n) is 5.32. The largest absolute Gasteiger partial charge is 0.392 e. The van der Waals surface area contributed by atoms with E-state index >= 15 is 0 Å². The number of hydrogen-bond donors (Lipinski definition) is 2. The second-order valence-corrected chi connectivity index (χ2v) is 5.80. The average Bonchev–Trinajstić information content (AvgIpc) is 2.28. The zero-order valence-corrected chi connectivity index (χ0v) is 11.0. The van der Waals surface area contributed by atoms with Crippen molar-refractivity contribution in [1.29, 1.82) is 0 Å². The van der Waals surface area contributed by atoms with Crippen LogP contribution < -0.4 is 4.72 Å². The minimum Gasteiger partial charge on any atom is -0.392 e. The summed E-state index contributed by atoms with van der Waals surface area (Å²) in [5.41, 5.74) is 1.22. The molecule has 0 radical (unpaired) electrons. The van der Waals surface area contributed by atoms with Gasteiger partial charge in [0, 0.05) is 18.8 Å². The van der Waals surface area contributed by atoms with Crippen molar-refractivity contribution in [2.75, 3.05) is 11.8 Å². The zero-order chi connectivity index (χ0) is 13.1. The van der Waals surface area contributed by atoms with Crippen LogP contribution in [0.4, 0.5) is 5.69 Å². The molecule has 0 bridgehead atoms. The molecule has 96 valence electrons. The van der Waals surface area contributed by atoms with Crippen LogP contribution in [0, 0.1) is 0 Å². The van der Waals surface area contributed by atoms with Crippen LogP contribution in [0.5, 0.6) is 0 Å². The van der Waals surface area contributed by atoms with Gasteiger partial charge in [-0.1, -0.05) is 12.1 Å². The lowest BCUT2D eigenvalue weighted by molar-refractivity contribution is 0.282. The van der Waals surface area contributed by atoms with Gasteiger partial charge in [0.15, 0.2) is 0 Å². The van der Waals surface area contributed by atoms with Gasteiger partial charge in [-0.05, 0) is 31.5 Å². The van der Waals surface area contributed by atoms with Gasteiger partial charge in [0.25, 0.3) is 0 Å². The Labute approximate surface area is 102 Å². The van der Waals surface area contributed by atoms with E-state index in [4.69, 9.17) is 5.11 Å². The first-order chi connectivity index (χ1) is 7.86. The van der Waals surface area contributed by atoms with Gasteiger partial charge in [-0.25, -0.2) is 0 Å². The lowest BCUT2D eigenvalue weighted by Crippen LogP contribution is -2.37. The summed E-state index contributed by atoms with van der Waals surface area (Å²) in [6.07, 6.45) is 0. The molecule has 0 unspecified atom stereocenters. The molecule has 0 spiro atoms. The highest BCUT2D eigenvalue weighted by Crippen LogP contribution is 2.13. The van der Waals surface area contributed by atoms with Crippen LogP contribution >= 0.6 is 0 Å². The fraction of sp³-hybridized carbons (Fsp3) is 0.455. The van der Waals surface area contributed by atoms with Crippen LogP contribution in [0.15, 0.2) is 24.3 Å². The van der Waals surface area contributed by atoms with Crippen molar-refractivity contribution >= 4 is 15.9 Å². The third-order valence-electron chi connectivity index (χ3n) is 2.49. The molecule has 0 aromatic heterocycles. The zero-order valence-electron chi connectivity index (χ0n) is 10.2. The van der Waals surface area contributed by atoms with E-state index in [1.807, 2.05) is 0 Å². The first kappa shape index (κ1) is 14.0. The third kappa shape index (κ3) is 3.69. The van der Waals surface area contributed by atoms with Crippen molar-refractivity contribution < 1.29 is 13.5 Å². The Bertz CT molecular complexity index is 454. The van der Waals surface area contributed by atoms with E-state index in [-0.39, 0.29) is 12.6 Å². The van der Waals surface area contributed by atoms with Crippen molar-refractivity contribution in [2.24, 2.45) is 0 Å². The maximum atomic E-state index is 11.9. The SMILES string of the molecule is CC(C)N(C)S(=O)(=O)Nc1ccc(CO)cc1. The summed E-state index contributed by atoms with van der Waals surface area (Å²) in [6, 6.07) is 6.49. The topological polar surface area (TPSA) is 69.6 Å². The van der Waals surface area contributed by atoms with Gasteiger partial charge in [0.05, 0.1) is 6.61 Å². The lowest BCUT2D eigenvalue weighted by atomic mass is 10.2. The molecule has 0 saturated carbocycles.